The molecule has 0 saturated heterocycles. The number of hydrogen-bond acceptors (Lipinski definition) is 2. The van der Waals surface area contributed by atoms with E-state index >= 15 is 0 Å². The van der Waals surface area contributed by atoms with E-state index in [4.69, 9.17) is 5.11 Å². The van der Waals surface area contributed by atoms with Crippen molar-refractivity contribution in [3.63, 3.8) is 0 Å². The molecular weight excluding hydrogens is 305 g/mol. The van der Waals surface area contributed by atoms with Crippen molar-refractivity contribution in [1.82, 2.24) is 5.32 Å². The molecule has 0 bridgehead atoms. The van der Waals surface area contributed by atoms with Crippen molar-refractivity contribution >= 4 is 27.8 Å². The topological polar surface area (TPSA) is 66.4 Å². The van der Waals surface area contributed by atoms with Crippen LogP contribution >= 0.6 is 15.9 Å². The smallest absolute Gasteiger partial charge is 0.308 e. The molecule has 1 amide bonds. The van der Waals surface area contributed by atoms with E-state index in [1.807, 2.05) is 0 Å². The average molecular weight is 318 g/mol. The zero-order valence-electron chi connectivity index (χ0n) is 9.91. The molecule has 2 N–H and O–H groups in total. The Bertz CT molecular complexity index is 478. The third-order valence-electron chi connectivity index (χ3n) is 2.67. The quantitative estimate of drug-likeness (QED) is 0.896. The second-order valence-corrected chi connectivity index (χ2v) is 4.87. The molecule has 4 nitrogen and oxygen atoms in total. The Labute approximate surface area is 112 Å². The van der Waals surface area contributed by atoms with Crippen LogP contribution in [0, 0.1) is 11.7 Å². The zero-order valence-corrected chi connectivity index (χ0v) is 11.5. The van der Waals surface area contributed by atoms with Crippen molar-refractivity contribution in [3.05, 3.63) is 34.1 Å². The summed E-state index contributed by atoms with van der Waals surface area (Å²) in [5.41, 5.74) is 0.138. The highest BCUT2D eigenvalue weighted by atomic mass is 79.9. The molecule has 98 valence electrons. The van der Waals surface area contributed by atoms with Crippen LogP contribution in [-0.4, -0.2) is 23.0 Å². The number of nitrogens with one attached hydrogen (secondary N) is 1. The van der Waals surface area contributed by atoms with E-state index in [9.17, 15) is 14.0 Å². The van der Waals surface area contributed by atoms with Crippen molar-refractivity contribution in [3.8, 4) is 0 Å². The van der Waals surface area contributed by atoms with Gasteiger partial charge in [0.05, 0.1) is 11.5 Å². The van der Waals surface area contributed by atoms with E-state index in [1.54, 1.807) is 6.92 Å². The molecule has 2 atom stereocenters. The van der Waals surface area contributed by atoms with Gasteiger partial charge >= 0.3 is 5.97 Å². The van der Waals surface area contributed by atoms with Gasteiger partial charge < -0.3 is 10.4 Å². The van der Waals surface area contributed by atoms with Gasteiger partial charge in [0.2, 0.25) is 0 Å². The first-order valence-corrected chi connectivity index (χ1v) is 6.11. The first kappa shape index (κ1) is 14.6. The fraction of sp³-hybridized carbons (Fsp3) is 0.333. The predicted molar refractivity (Wildman–Crippen MR) is 67.8 cm³/mol. The van der Waals surface area contributed by atoms with E-state index < -0.39 is 29.7 Å². The van der Waals surface area contributed by atoms with Crippen LogP contribution in [0.3, 0.4) is 0 Å². The van der Waals surface area contributed by atoms with Crippen LogP contribution in [0.5, 0.6) is 0 Å². The molecule has 1 aromatic carbocycles. The van der Waals surface area contributed by atoms with Crippen LogP contribution in [0.4, 0.5) is 4.39 Å². The predicted octanol–water partition coefficient (Wildman–Crippen LogP) is 2.43. The van der Waals surface area contributed by atoms with Gasteiger partial charge in [-0.05, 0) is 48.0 Å². The van der Waals surface area contributed by atoms with Gasteiger partial charge in [0.25, 0.3) is 5.91 Å². The van der Waals surface area contributed by atoms with Gasteiger partial charge in [-0.2, -0.15) is 0 Å². The van der Waals surface area contributed by atoms with Crippen LogP contribution in [0.1, 0.15) is 24.2 Å². The monoisotopic (exact) mass is 317 g/mol. The fourth-order valence-electron chi connectivity index (χ4n) is 1.29. The SMILES string of the molecule is CC(NC(=O)c1cc(F)ccc1Br)C(C)C(=O)O. The van der Waals surface area contributed by atoms with Crippen LogP contribution in [-0.2, 0) is 4.79 Å². The standard InChI is InChI=1S/C12H13BrFNO3/c1-6(12(17)18)7(2)15-11(16)9-5-8(14)3-4-10(9)13/h3-7H,1-2H3,(H,15,16)(H,17,18). The van der Waals surface area contributed by atoms with Crippen LogP contribution < -0.4 is 5.32 Å². The Morgan fingerprint density at radius 1 is 1.39 bits per heavy atom. The van der Waals surface area contributed by atoms with Crippen LogP contribution in [0.25, 0.3) is 0 Å². The molecule has 0 radical (unpaired) electrons. The normalized spacial score (nSPS) is 13.8. The second-order valence-electron chi connectivity index (χ2n) is 4.01. The number of benzene rings is 1. The molecule has 0 saturated carbocycles. The summed E-state index contributed by atoms with van der Waals surface area (Å²) in [6.45, 7) is 3.08. The first-order chi connectivity index (χ1) is 8.32. The molecule has 0 spiro atoms. The van der Waals surface area contributed by atoms with E-state index in [1.165, 1.54) is 19.1 Å². The summed E-state index contributed by atoms with van der Waals surface area (Å²) in [5, 5.41) is 11.3. The largest absolute Gasteiger partial charge is 0.481 e. The highest BCUT2D eigenvalue weighted by Gasteiger charge is 2.22. The van der Waals surface area contributed by atoms with E-state index in [0.717, 1.165) is 6.07 Å². The summed E-state index contributed by atoms with van der Waals surface area (Å²) >= 11 is 3.14. The highest BCUT2D eigenvalue weighted by molar-refractivity contribution is 9.10. The summed E-state index contributed by atoms with van der Waals surface area (Å²) in [6, 6.07) is 3.20. The number of carbonyl (C=O) groups is 2. The second kappa shape index (κ2) is 5.95. The Balaban J connectivity index is 2.82. The van der Waals surface area contributed by atoms with Crippen LogP contribution in [0.15, 0.2) is 22.7 Å². The van der Waals surface area contributed by atoms with Crippen molar-refractivity contribution < 1.29 is 19.1 Å². The lowest BCUT2D eigenvalue weighted by Crippen LogP contribution is -2.40. The van der Waals surface area contributed by atoms with Gasteiger partial charge in [-0.1, -0.05) is 0 Å². The lowest BCUT2D eigenvalue weighted by Gasteiger charge is -2.18. The zero-order chi connectivity index (χ0) is 13.9. The number of carboxylic acids is 1. The molecule has 0 fully saturated rings. The number of rotatable bonds is 4. The Morgan fingerprint density at radius 3 is 2.56 bits per heavy atom. The Morgan fingerprint density at radius 2 is 2.00 bits per heavy atom. The van der Waals surface area contributed by atoms with Gasteiger partial charge in [-0.25, -0.2) is 4.39 Å². The molecule has 2 unspecified atom stereocenters. The van der Waals surface area contributed by atoms with Gasteiger partial charge in [-0.15, -0.1) is 0 Å². The molecular formula is C12H13BrFNO3. The number of aliphatic carboxylic acids is 1. The fourth-order valence-corrected chi connectivity index (χ4v) is 1.72. The van der Waals surface area contributed by atoms with E-state index in [-0.39, 0.29) is 5.56 Å². The summed E-state index contributed by atoms with van der Waals surface area (Å²) in [4.78, 5) is 22.6. The van der Waals surface area contributed by atoms with E-state index in [0.29, 0.717) is 4.47 Å². The summed E-state index contributed by atoms with van der Waals surface area (Å²) in [6.07, 6.45) is 0. The third-order valence-corrected chi connectivity index (χ3v) is 3.36. The molecule has 1 aromatic rings. The molecule has 0 aliphatic heterocycles. The minimum Gasteiger partial charge on any atom is -0.481 e. The highest BCUT2D eigenvalue weighted by Crippen LogP contribution is 2.18. The minimum atomic E-state index is -0.999. The molecule has 0 heterocycles. The number of halogens is 2. The Kier molecular flexibility index (Phi) is 4.84. The molecule has 0 aromatic heterocycles. The van der Waals surface area contributed by atoms with Crippen molar-refractivity contribution in [2.24, 2.45) is 5.92 Å². The third kappa shape index (κ3) is 3.53. The lowest BCUT2D eigenvalue weighted by atomic mass is 10.0. The molecule has 0 aliphatic carbocycles. The maximum Gasteiger partial charge on any atom is 0.308 e. The van der Waals surface area contributed by atoms with Crippen molar-refractivity contribution in [2.45, 2.75) is 19.9 Å². The molecule has 18 heavy (non-hydrogen) atoms. The Hall–Kier alpha value is -1.43. The number of hydrogen-bond donors (Lipinski definition) is 2. The summed E-state index contributed by atoms with van der Waals surface area (Å²) < 4.78 is 13.5. The molecule has 1 rings (SSSR count). The van der Waals surface area contributed by atoms with Crippen molar-refractivity contribution in [1.29, 1.82) is 0 Å². The number of carbonyl (C=O) groups excluding carboxylic acids is 1. The van der Waals surface area contributed by atoms with Gasteiger partial charge in [-0.3, -0.25) is 9.59 Å². The summed E-state index contributed by atoms with van der Waals surface area (Å²) in [7, 11) is 0. The lowest BCUT2D eigenvalue weighted by molar-refractivity contribution is -0.141. The summed E-state index contributed by atoms with van der Waals surface area (Å²) in [5.74, 6) is -2.76. The maximum atomic E-state index is 13.0. The minimum absolute atomic E-state index is 0.138. The van der Waals surface area contributed by atoms with Gasteiger partial charge in [0.15, 0.2) is 0 Å². The van der Waals surface area contributed by atoms with E-state index in [2.05, 4.69) is 21.2 Å². The average Bonchev–Trinajstić information content (AvgIpc) is 2.30. The van der Waals surface area contributed by atoms with Gasteiger partial charge in [0, 0.05) is 10.5 Å². The number of amides is 1. The molecule has 6 heteroatoms. The number of carboxylic acid groups (broad SMARTS) is 1. The first-order valence-electron chi connectivity index (χ1n) is 5.31. The molecule has 0 aliphatic rings. The maximum absolute atomic E-state index is 13.0. The van der Waals surface area contributed by atoms with Gasteiger partial charge in [0.1, 0.15) is 5.82 Å². The van der Waals surface area contributed by atoms with Crippen molar-refractivity contribution in [2.75, 3.05) is 0 Å². The van der Waals surface area contributed by atoms with Crippen LogP contribution in [0.2, 0.25) is 0 Å².